The van der Waals surface area contributed by atoms with E-state index >= 15 is 0 Å². The minimum Gasteiger partial charge on any atom is -0.384 e. The zero-order valence-corrected chi connectivity index (χ0v) is 10.2. The zero-order valence-electron chi connectivity index (χ0n) is 10.2. The molecule has 0 fully saturated rings. The van der Waals surface area contributed by atoms with E-state index in [-0.39, 0.29) is 0 Å². The summed E-state index contributed by atoms with van der Waals surface area (Å²) in [5.41, 5.74) is 10.1. The topological polar surface area (TPSA) is 56.2 Å². The van der Waals surface area contributed by atoms with Crippen LogP contribution in [0.25, 0.3) is 5.65 Å². The summed E-state index contributed by atoms with van der Waals surface area (Å²) in [6, 6.07) is 12.1. The molecule has 0 aliphatic rings. The molecule has 0 atom stereocenters. The molecule has 0 aliphatic heterocycles. The van der Waals surface area contributed by atoms with Crippen molar-refractivity contribution in [1.82, 2.24) is 14.6 Å². The Labute approximate surface area is 105 Å². The van der Waals surface area contributed by atoms with Gasteiger partial charge in [0.05, 0.1) is 11.9 Å². The molecule has 90 valence electrons. The summed E-state index contributed by atoms with van der Waals surface area (Å²) < 4.78 is 1.67. The Balaban J connectivity index is 2.05. The number of hydrogen-bond acceptors (Lipinski definition) is 3. The molecule has 0 aliphatic carbocycles. The predicted octanol–water partition coefficient (Wildman–Crippen LogP) is 2.21. The molecule has 2 aromatic heterocycles. The summed E-state index contributed by atoms with van der Waals surface area (Å²) in [4.78, 5) is 4.61. The number of nitrogens with two attached hydrogens (primary N) is 1. The highest BCUT2D eigenvalue weighted by Crippen LogP contribution is 2.15. The molecule has 3 aromatic rings. The number of aromatic nitrogens is 3. The molecule has 0 radical (unpaired) electrons. The fourth-order valence-electron chi connectivity index (χ4n) is 2.04. The van der Waals surface area contributed by atoms with Gasteiger partial charge in [-0.2, -0.15) is 9.61 Å². The molecule has 0 saturated carbocycles. The molecule has 2 N–H and O–H groups in total. The monoisotopic (exact) mass is 238 g/mol. The van der Waals surface area contributed by atoms with Crippen LogP contribution >= 0.6 is 0 Å². The Morgan fingerprint density at radius 2 is 2.00 bits per heavy atom. The summed E-state index contributed by atoms with van der Waals surface area (Å²) in [5.74, 6) is 0.624. The highest BCUT2D eigenvalue weighted by molar-refractivity contribution is 5.52. The third-order valence-electron chi connectivity index (χ3n) is 2.96. The number of fused-ring (bicyclic) bond motifs is 1. The third kappa shape index (κ3) is 1.82. The fourth-order valence-corrected chi connectivity index (χ4v) is 2.04. The Hall–Kier alpha value is -2.36. The van der Waals surface area contributed by atoms with Crippen LogP contribution in [0.5, 0.6) is 0 Å². The van der Waals surface area contributed by atoms with Crippen LogP contribution in [0, 0.1) is 6.92 Å². The molecule has 18 heavy (non-hydrogen) atoms. The van der Waals surface area contributed by atoms with Crippen molar-refractivity contribution in [3.05, 3.63) is 59.4 Å². The zero-order chi connectivity index (χ0) is 12.5. The lowest BCUT2D eigenvalue weighted by atomic mass is 10.1. The number of nitrogens with zero attached hydrogens (tertiary/aromatic N) is 3. The van der Waals surface area contributed by atoms with Crippen molar-refractivity contribution < 1.29 is 0 Å². The Kier molecular flexibility index (Phi) is 2.48. The van der Waals surface area contributed by atoms with E-state index in [2.05, 4.69) is 22.2 Å². The van der Waals surface area contributed by atoms with E-state index in [1.165, 1.54) is 5.56 Å². The highest BCUT2D eigenvalue weighted by atomic mass is 15.3. The second-order valence-corrected chi connectivity index (χ2v) is 4.40. The molecule has 1 aromatic carbocycles. The van der Waals surface area contributed by atoms with Gasteiger partial charge >= 0.3 is 0 Å². The van der Waals surface area contributed by atoms with E-state index in [1.807, 2.05) is 31.2 Å². The van der Waals surface area contributed by atoms with Crippen molar-refractivity contribution in [2.45, 2.75) is 13.3 Å². The summed E-state index contributed by atoms with van der Waals surface area (Å²) in [6.07, 6.45) is 2.57. The smallest absolute Gasteiger partial charge is 0.160 e. The molecule has 4 heteroatoms. The highest BCUT2D eigenvalue weighted by Gasteiger charge is 2.07. The first-order valence-corrected chi connectivity index (χ1v) is 5.88. The van der Waals surface area contributed by atoms with Gasteiger partial charge in [-0.05, 0) is 12.5 Å². The molecule has 0 unspecified atom stereocenters. The van der Waals surface area contributed by atoms with Crippen molar-refractivity contribution >= 4 is 11.5 Å². The van der Waals surface area contributed by atoms with Crippen LogP contribution in [0.4, 0.5) is 5.82 Å². The number of hydrogen-bond donors (Lipinski definition) is 1. The van der Waals surface area contributed by atoms with Gasteiger partial charge in [-0.15, -0.1) is 0 Å². The summed E-state index contributed by atoms with van der Waals surface area (Å²) >= 11 is 0. The standard InChI is InChI=1S/C14H14N4/c1-10-9-16-18-13(15)8-12(17-14(10)18)7-11-5-3-2-4-6-11/h2-6,8-9H,7,15H2,1H3. The number of rotatable bonds is 2. The second-order valence-electron chi connectivity index (χ2n) is 4.40. The molecule has 0 bridgehead atoms. The normalized spacial score (nSPS) is 10.9. The first kappa shape index (κ1) is 10.8. The van der Waals surface area contributed by atoms with Gasteiger partial charge in [-0.1, -0.05) is 30.3 Å². The van der Waals surface area contributed by atoms with Gasteiger partial charge in [0, 0.05) is 18.1 Å². The minimum absolute atomic E-state index is 0.624. The average Bonchev–Trinajstić information content (AvgIpc) is 2.73. The van der Waals surface area contributed by atoms with Crippen LogP contribution in [-0.4, -0.2) is 14.6 Å². The van der Waals surface area contributed by atoms with Gasteiger partial charge < -0.3 is 5.73 Å². The Morgan fingerprint density at radius 3 is 2.78 bits per heavy atom. The SMILES string of the molecule is Cc1cnn2c(N)cc(Cc3ccccc3)nc12. The van der Waals surface area contributed by atoms with Crippen molar-refractivity contribution in [3.8, 4) is 0 Å². The van der Waals surface area contributed by atoms with E-state index in [4.69, 9.17) is 5.73 Å². The summed E-state index contributed by atoms with van der Waals surface area (Å²) in [7, 11) is 0. The first-order chi connectivity index (χ1) is 8.74. The molecule has 0 spiro atoms. The van der Waals surface area contributed by atoms with Gasteiger partial charge in [0.1, 0.15) is 5.82 Å². The lowest BCUT2D eigenvalue weighted by molar-refractivity contribution is 0.930. The maximum atomic E-state index is 5.98. The molecular weight excluding hydrogens is 224 g/mol. The van der Waals surface area contributed by atoms with E-state index in [0.29, 0.717) is 5.82 Å². The Morgan fingerprint density at radius 1 is 1.22 bits per heavy atom. The van der Waals surface area contributed by atoms with Crippen molar-refractivity contribution in [3.63, 3.8) is 0 Å². The third-order valence-corrected chi connectivity index (χ3v) is 2.96. The van der Waals surface area contributed by atoms with Crippen molar-refractivity contribution in [1.29, 1.82) is 0 Å². The average molecular weight is 238 g/mol. The predicted molar refractivity (Wildman–Crippen MR) is 71.4 cm³/mol. The number of benzene rings is 1. The maximum absolute atomic E-state index is 5.98. The van der Waals surface area contributed by atoms with Gasteiger partial charge in [0.25, 0.3) is 0 Å². The van der Waals surface area contributed by atoms with Crippen molar-refractivity contribution in [2.24, 2.45) is 0 Å². The van der Waals surface area contributed by atoms with Crippen LogP contribution in [-0.2, 0) is 6.42 Å². The first-order valence-electron chi connectivity index (χ1n) is 5.88. The quantitative estimate of drug-likeness (QED) is 0.744. The number of aryl methyl sites for hydroxylation is 1. The lowest BCUT2D eigenvalue weighted by Gasteiger charge is -2.05. The molecule has 0 amide bonds. The van der Waals surface area contributed by atoms with Crippen LogP contribution in [0.1, 0.15) is 16.8 Å². The van der Waals surface area contributed by atoms with Gasteiger partial charge in [-0.3, -0.25) is 0 Å². The lowest BCUT2D eigenvalue weighted by Crippen LogP contribution is -2.03. The van der Waals surface area contributed by atoms with Crippen LogP contribution < -0.4 is 5.73 Å². The van der Waals surface area contributed by atoms with Gasteiger partial charge in [-0.25, -0.2) is 4.98 Å². The second kappa shape index (κ2) is 4.14. The van der Waals surface area contributed by atoms with E-state index in [1.54, 1.807) is 10.7 Å². The van der Waals surface area contributed by atoms with Gasteiger partial charge in [0.15, 0.2) is 5.65 Å². The summed E-state index contributed by atoms with van der Waals surface area (Å²) in [6.45, 7) is 1.99. The summed E-state index contributed by atoms with van der Waals surface area (Å²) in [5, 5.41) is 4.20. The van der Waals surface area contributed by atoms with E-state index < -0.39 is 0 Å². The largest absolute Gasteiger partial charge is 0.384 e. The van der Waals surface area contributed by atoms with Crippen LogP contribution in [0.15, 0.2) is 42.6 Å². The molecule has 2 heterocycles. The number of anilines is 1. The van der Waals surface area contributed by atoms with Crippen molar-refractivity contribution in [2.75, 3.05) is 5.73 Å². The molecule has 3 rings (SSSR count). The molecule has 4 nitrogen and oxygen atoms in total. The fraction of sp³-hybridized carbons (Fsp3) is 0.143. The minimum atomic E-state index is 0.624. The van der Waals surface area contributed by atoms with E-state index in [0.717, 1.165) is 23.3 Å². The van der Waals surface area contributed by atoms with E-state index in [9.17, 15) is 0 Å². The van der Waals surface area contributed by atoms with Crippen LogP contribution in [0.3, 0.4) is 0 Å². The van der Waals surface area contributed by atoms with Crippen LogP contribution in [0.2, 0.25) is 0 Å². The number of nitrogen functional groups attached to an aromatic ring is 1. The Bertz CT molecular complexity index is 686. The molecular formula is C14H14N4. The van der Waals surface area contributed by atoms with Gasteiger partial charge in [0.2, 0.25) is 0 Å². The molecule has 0 saturated heterocycles. The maximum Gasteiger partial charge on any atom is 0.160 e.